The molecule has 0 radical (unpaired) electrons. The standard InChI is InChI=1S/C21H24N4O4/c26-18-10-6-4-8-16(18)14-22-24-20(28)12-2-1-3-13-21(29)25-23-15-17-9-5-7-11-19(17)27/h4-11,14-15,26-27H,1-3,12-13H2,(H,24,28)(H,25,29)/b22-14+,23-15+. The summed E-state index contributed by atoms with van der Waals surface area (Å²) in [6.45, 7) is 0. The first kappa shape index (κ1) is 21.6. The second-order valence-corrected chi connectivity index (χ2v) is 6.26. The third kappa shape index (κ3) is 8.25. The Bertz CT molecular complexity index is 809. The molecule has 0 heterocycles. The minimum Gasteiger partial charge on any atom is -0.507 e. The molecule has 0 spiro atoms. The van der Waals surface area contributed by atoms with Gasteiger partial charge in [0.1, 0.15) is 11.5 Å². The molecule has 0 fully saturated rings. The van der Waals surface area contributed by atoms with E-state index in [0.717, 1.165) is 0 Å². The van der Waals surface area contributed by atoms with Crippen molar-refractivity contribution in [1.82, 2.24) is 10.9 Å². The summed E-state index contributed by atoms with van der Waals surface area (Å²) < 4.78 is 0. The van der Waals surface area contributed by atoms with Crippen LogP contribution in [-0.2, 0) is 9.59 Å². The molecule has 152 valence electrons. The molecule has 0 saturated heterocycles. The van der Waals surface area contributed by atoms with Gasteiger partial charge in [0.2, 0.25) is 11.8 Å². The van der Waals surface area contributed by atoms with Crippen molar-refractivity contribution >= 4 is 24.2 Å². The highest BCUT2D eigenvalue weighted by Gasteiger charge is 2.03. The average molecular weight is 396 g/mol. The summed E-state index contributed by atoms with van der Waals surface area (Å²) in [6.07, 6.45) is 5.34. The first-order valence-corrected chi connectivity index (χ1v) is 9.26. The lowest BCUT2D eigenvalue weighted by atomic mass is 10.1. The average Bonchev–Trinajstić information content (AvgIpc) is 2.70. The molecule has 0 aliphatic heterocycles. The summed E-state index contributed by atoms with van der Waals surface area (Å²) in [6, 6.07) is 13.4. The first-order chi connectivity index (χ1) is 14.1. The number of amides is 2. The van der Waals surface area contributed by atoms with E-state index < -0.39 is 0 Å². The molecule has 0 bridgehead atoms. The van der Waals surface area contributed by atoms with E-state index in [4.69, 9.17) is 0 Å². The van der Waals surface area contributed by atoms with Gasteiger partial charge in [-0.1, -0.05) is 30.7 Å². The molecule has 0 aliphatic rings. The van der Waals surface area contributed by atoms with Crippen LogP contribution in [0.1, 0.15) is 43.2 Å². The van der Waals surface area contributed by atoms with Crippen molar-refractivity contribution in [3.63, 3.8) is 0 Å². The van der Waals surface area contributed by atoms with Gasteiger partial charge in [0.05, 0.1) is 12.4 Å². The van der Waals surface area contributed by atoms with Gasteiger partial charge in [-0.05, 0) is 37.1 Å². The summed E-state index contributed by atoms with van der Waals surface area (Å²) >= 11 is 0. The van der Waals surface area contributed by atoms with Crippen LogP contribution in [0.5, 0.6) is 11.5 Å². The number of hydrogen-bond donors (Lipinski definition) is 4. The second kappa shape index (κ2) is 11.9. The summed E-state index contributed by atoms with van der Waals surface area (Å²) in [5.41, 5.74) is 5.85. The van der Waals surface area contributed by atoms with Crippen LogP contribution >= 0.6 is 0 Å². The van der Waals surface area contributed by atoms with Crippen molar-refractivity contribution in [1.29, 1.82) is 0 Å². The summed E-state index contributed by atoms with van der Waals surface area (Å²) in [5.74, 6) is -0.274. The fourth-order valence-electron chi connectivity index (χ4n) is 2.40. The number of carbonyl (C=O) groups is 2. The zero-order valence-corrected chi connectivity index (χ0v) is 15.9. The topological polar surface area (TPSA) is 123 Å². The molecular weight excluding hydrogens is 372 g/mol. The smallest absolute Gasteiger partial charge is 0.240 e. The minimum atomic E-state index is -0.228. The number of carbonyl (C=O) groups excluding carboxylic acids is 2. The van der Waals surface area contributed by atoms with E-state index in [1.165, 1.54) is 24.6 Å². The zero-order chi connectivity index (χ0) is 20.9. The van der Waals surface area contributed by atoms with Crippen LogP contribution in [0, 0.1) is 0 Å². The number of unbranched alkanes of at least 4 members (excludes halogenated alkanes) is 2. The molecule has 4 N–H and O–H groups in total. The van der Waals surface area contributed by atoms with Gasteiger partial charge >= 0.3 is 0 Å². The number of phenolic OH excluding ortho intramolecular Hbond substituents is 2. The molecule has 2 aromatic rings. The molecule has 2 rings (SSSR count). The lowest BCUT2D eigenvalue weighted by molar-refractivity contribution is -0.121. The number of rotatable bonds is 10. The van der Waals surface area contributed by atoms with E-state index >= 15 is 0 Å². The van der Waals surface area contributed by atoms with Crippen molar-refractivity contribution < 1.29 is 19.8 Å². The first-order valence-electron chi connectivity index (χ1n) is 9.26. The van der Waals surface area contributed by atoms with Crippen LogP contribution in [0.15, 0.2) is 58.7 Å². The van der Waals surface area contributed by atoms with Gasteiger partial charge in [-0.3, -0.25) is 9.59 Å². The van der Waals surface area contributed by atoms with Gasteiger partial charge in [-0.25, -0.2) is 10.9 Å². The maximum atomic E-state index is 11.7. The van der Waals surface area contributed by atoms with Crippen LogP contribution in [0.2, 0.25) is 0 Å². The van der Waals surface area contributed by atoms with Crippen molar-refractivity contribution in [2.24, 2.45) is 10.2 Å². The molecule has 2 aromatic carbocycles. The number of hydrogen-bond acceptors (Lipinski definition) is 6. The molecular formula is C21H24N4O4. The predicted molar refractivity (Wildman–Crippen MR) is 111 cm³/mol. The van der Waals surface area contributed by atoms with Gasteiger partial charge in [-0.2, -0.15) is 10.2 Å². The monoisotopic (exact) mass is 396 g/mol. The molecule has 0 atom stereocenters. The molecule has 0 unspecified atom stereocenters. The summed E-state index contributed by atoms with van der Waals surface area (Å²) in [7, 11) is 0. The number of aromatic hydroxyl groups is 2. The third-order valence-electron chi connectivity index (χ3n) is 3.97. The van der Waals surface area contributed by atoms with Gasteiger partial charge in [-0.15, -0.1) is 0 Å². The van der Waals surface area contributed by atoms with Gasteiger partial charge in [0, 0.05) is 24.0 Å². The second-order valence-electron chi connectivity index (χ2n) is 6.26. The van der Waals surface area contributed by atoms with E-state index in [-0.39, 0.29) is 23.3 Å². The van der Waals surface area contributed by atoms with Crippen molar-refractivity contribution in [2.45, 2.75) is 32.1 Å². The molecule has 0 saturated carbocycles. The Labute approximate surface area is 169 Å². The Balaban J connectivity index is 1.56. The minimum absolute atomic E-state index is 0.0914. The van der Waals surface area contributed by atoms with Crippen molar-refractivity contribution in [3.05, 3.63) is 59.7 Å². The van der Waals surface area contributed by atoms with Crippen LogP contribution in [0.3, 0.4) is 0 Å². The van der Waals surface area contributed by atoms with Crippen molar-refractivity contribution in [2.75, 3.05) is 0 Å². The maximum Gasteiger partial charge on any atom is 0.240 e. The highest BCUT2D eigenvalue weighted by atomic mass is 16.3. The number of nitrogens with zero attached hydrogens (tertiary/aromatic N) is 2. The fraction of sp³-hybridized carbons (Fsp3) is 0.238. The molecule has 0 aromatic heterocycles. The quantitative estimate of drug-likeness (QED) is 0.280. The Hall–Kier alpha value is -3.68. The Morgan fingerprint density at radius 3 is 1.55 bits per heavy atom. The van der Waals surface area contributed by atoms with Gasteiger partial charge < -0.3 is 10.2 Å². The SMILES string of the molecule is O=C(CCCCCC(=O)N/N=C/c1ccccc1O)N/N=C/c1ccccc1O. The number of hydrazone groups is 2. The number of para-hydroxylation sites is 2. The lowest BCUT2D eigenvalue weighted by Gasteiger charge is -2.02. The van der Waals surface area contributed by atoms with Crippen molar-refractivity contribution in [3.8, 4) is 11.5 Å². The van der Waals surface area contributed by atoms with E-state index in [1.807, 2.05) is 0 Å². The van der Waals surface area contributed by atoms with E-state index in [2.05, 4.69) is 21.1 Å². The molecule has 8 nitrogen and oxygen atoms in total. The molecule has 0 aliphatic carbocycles. The molecule has 8 heteroatoms. The Morgan fingerprint density at radius 2 is 1.14 bits per heavy atom. The van der Waals surface area contributed by atoms with Crippen LogP contribution in [0.4, 0.5) is 0 Å². The Morgan fingerprint density at radius 1 is 0.724 bits per heavy atom. The summed E-state index contributed by atoms with van der Waals surface area (Å²) in [4.78, 5) is 23.4. The zero-order valence-electron chi connectivity index (χ0n) is 15.9. The third-order valence-corrected chi connectivity index (χ3v) is 3.97. The van der Waals surface area contributed by atoms with E-state index in [9.17, 15) is 19.8 Å². The predicted octanol–water partition coefficient (Wildman–Crippen LogP) is 2.65. The number of benzene rings is 2. The Kier molecular flexibility index (Phi) is 8.88. The highest BCUT2D eigenvalue weighted by molar-refractivity contribution is 5.85. The van der Waals surface area contributed by atoms with Gasteiger partial charge in [0.15, 0.2) is 0 Å². The van der Waals surface area contributed by atoms with Crippen LogP contribution < -0.4 is 10.9 Å². The normalized spacial score (nSPS) is 11.0. The summed E-state index contributed by atoms with van der Waals surface area (Å²) in [5, 5.41) is 26.8. The molecule has 2 amide bonds. The van der Waals surface area contributed by atoms with E-state index in [1.54, 1.807) is 36.4 Å². The molecule has 29 heavy (non-hydrogen) atoms. The van der Waals surface area contributed by atoms with Crippen LogP contribution in [-0.4, -0.2) is 34.5 Å². The van der Waals surface area contributed by atoms with E-state index in [0.29, 0.717) is 43.2 Å². The van der Waals surface area contributed by atoms with Crippen LogP contribution in [0.25, 0.3) is 0 Å². The fourth-order valence-corrected chi connectivity index (χ4v) is 2.40. The van der Waals surface area contributed by atoms with Gasteiger partial charge in [0.25, 0.3) is 0 Å². The largest absolute Gasteiger partial charge is 0.507 e. The highest BCUT2D eigenvalue weighted by Crippen LogP contribution is 2.13. The lowest BCUT2D eigenvalue weighted by Crippen LogP contribution is -2.18. The maximum absolute atomic E-state index is 11.7. The number of phenols is 2. The number of nitrogens with one attached hydrogen (secondary N) is 2.